The number of carbonyl (C=O) groups excluding carboxylic acids is 3. The van der Waals surface area contributed by atoms with E-state index in [4.69, 9.17) is 9.84 Å². The molecule has 3 N–H and O–H groups in total. The van der Waals surface area contributed by atoms with Gasteiger partial charge in [0.1, 0.15) is 10.0 Å². The zero-order chi connectivity index (χ0) is 27.3. The molecule has 0 saturated carbocycles. The molecule has 0 spiro atoms. The zero-order valence-corrected chi connectivity index (χ0v) is 22.4. The lowest BCUT2D eigenvalue weighted by atomic mass is 10.2. The van der Waals surface area contributed by atoms with Gasteiger partial charge in [0, 0.05) is 44.7 Å². The van der Waals surface area contributed by atoms with Crippen LogP contribution in [0.25, 0.3) is 10.6 Å². The average Bonchev–Trinajstić information content (AvgIpc) is 3.35. The second kappa shape index (κ2) is 15.0. The third-order valence-corrected chi connectivity index (χ3v) is 7.09. The van der Waals surface area contributed by atoms with E-state index in [9.17, 15) is 19.2 Å². The molecule has 2 aromatic rings. The van der Waals surface area contributed by atoms with Crippen molar-refractivity contribution in [3.8, 4) is 10.6 Å². The Bertz CT molecular complexity index is 1090. The van der Waals surface area contributed by atoms with Crippen LogP contribution in [0.4, 0.5) is 5.00 Å². The number of carboxylic acids is 1. The quantitative estimate of drug-likeness (QED) is 0.241. The summed E-state index contributed by atoms with van der Waals surface area (Å²) in [5.41, 5.74) is 1.04. The average molecular weight is 546 g/mol. The smallest absolute Gasteiger partial charge is 0.307 e. The van der Waals surface area contributed by atoms with Crippen LogP contribution in [0.2, 0.25) is 0 Å². The molecule has 2 heterocycles. The predicted octanol–water partition coefficient (Wildman–Crippen LogP) is 2.30. The van der Waals surface area contributed by atoms with E-state index in [-0.39, 0.29) is 43.5 Å². The van der Waals surface area contributed by atoms with Gasteiger partial charge in [0.05, 0.1) is 19.6 Å². The fraction of sp³-hybridized carbons (Fsp3) is 0.500. The van der Waals surface area contributed by atoms with Gasteiger partial charge in [-0.25, -0.2) is 4.98 Å². The number of esters is 1. The van der Waals surface area contributed by atoms with Crippen molar-refractivity contribution in [2.24, 2.45) is 0 Å². The number of nitrogens with zero attached hydrogens (tertiary/aromatic N) is 3. The van der Waals surface area contributed by atoms with Gasteiger partial charge in [-0.3, -0.25) is 24.1 Å². The molecular weight excluding hydrogens is 510 g/mol. The third-order valence-electron chi connectivity index (χ3n) is 6.02. The number of nitrogens with one attached hydrogen (secondary N) is 2. The van der Waals surface area contributed by atoms with Crippen molar-refractivity contribution in [2.45, 2.75) is 32.6 Å². The number of anilines is 1. The summed E-state index contributed by atoms with van der Waals surface area (Å²) < 4.78 is 4.96. The van der Waals surface area contributed by atoms with Gasteiger partial charge < -0.3 is 25.4 Å². The van der Waals surface area contributed by atoms with Crippen LogP contribution in [-0.2, 0) is 19.1 Å². The second-order valence-corrected chi connectivity index (χ2v) is 9.80. The molecule has 1 aliphatic heterocycles. The number of hydrogen-bond acceptors (Lipinski definition) is 9. The SMILES string of the molecule is CCOC(=O)CCNc1sc(-c2ccccc2)nc1C(=O)NCC(=O)N1CCN(CCCCC(=O)O)CC1. The Morgan fingerprint density at radius 2 is 1.79 bits per heavy atom. The number of amides is 2. The Balaban J connectivity index is 1.53. The van der Waals surface area contributed by atoms with Gasteiger partial charge in [-0.05, 0) is 26.3 Å². The Hall–Kier alpha value is -3.51. The maximum Gasteiger partial charge on any atom is 0.307 e. The summed E-state index contributed by atoms with van der Waals surface area (Å²) in [7, 11) is 0. The molecule has 3 rings (SSSR count). The molecule has 0 bridgehead atoms. The Labute approximate surface area is 226 Å². The first-order valence-electron chi connectivity index (χ1n) is 12.8. The summed E-state index contributed by atoms with van der Waals surface area (Å²) in [6.45, 7) is 5.56. The summed E-state index contributed by atoms with van der Waals surface area (Å²) in [4.78, 5) is 56.6. The Morgan fingerprint density at radius 1 is 1.05 bits per heavy atom. The summed E-state index contributed by atoms with van der Waals surface area (Å²) in [6, 6.07) is 9.47. The van der Waals surface area contributed by atoms with Gasteiger partial charge in [-0.2, -0.15) is 0 Å². The lowest BCUT2D eigenvalue weighted by Gasteiger charge is -2.34. The first-order valence-corrected chi connectivity index (χ1v) is 13.6. The third kappa shape index (κ3) is 9.10. The van der Waals surface area contributed by atoms with E-state index >= 15 is 0 Å². The minimum absolute atomic E-state index is 0.141. The van der Waals surface area contributed by atoms with Crippen molar-refractivity contribution >= 4 is 40.1 Å². The van der Waals surface area contributed by atoms with E-state index in [1.165, 1.54) is 11.3 Å². The zero-order valence-electron chi connectivity index (χ0n) is 21.6. The molecule has 0 radical (unpaired) electrons. The van der Waals surface area contributed by atoms with Gasteiger partial charge in [0.15, 0.2) is 5.69 Å². The van der Waals surface area contributed by atoms with E-state index in [0.29, 0.717) is 49.2 Å². The maximum atomic E-state index is 13.0. The predicted molar refractivity (Wildman–Crippen MR) is 144 cm³/mol. The first-order chi connectivity index (χ1) is 18.4. The van der Waals surface area contributed by atoms with Crippen LogP contribution in [0, 0.1) is 0 Å². The van der Waals surface area contributed by atoms with Crippen LogP contribution in [-0.4, -0.2) is 96.1 Å². The lowest BCUT2D eigenvalue weighted by molar-refractivity contribution is -0.142. The molecule has 1 fully saturated rings. The normalized spacial score (nSPS) is 13.7. The highest BCUT2D eigenvalue weighted by Gasteiger charge is 2.23. The van der Waals surface area contributed by atoms with Crippen LogP contribution < -0.4 is 10.6 Å². The summed E-state index contributed by atoms with van der Waals surface area (Å²) in [6.07, 6.45) is 1.78. The highest BCUT2D eigenvalue weighted by Crippen LogP contribution is 2.32. The molecular formula is C26H35N5O6S. The maximum absolute atomic E-state index is 13.0. The van der Waals surface area contributed by atoms with E-state index in [1.807, 2.05) is 30.3 Å². The number of aliphatic carboxylic acids is 1. The highest BCUT2D eigenvalue weighted by molar-refractivity contribution is 7.19. The molecule has 2 amide bonds. The molecule has 0 unspecified atom stereocenters. The van der Waals surface area contributed by atoms with Crippen LogP contribution >= 0.6 is 11.3 Å². The van der Waals surface area contributed by atoms with Crippen LogP contribution in [0.5, 0.6) is 0 Å². The molecule has 206 valence electrons. The van der Waals surface area contributed by atoms with E-state index in [0.717, 1.165) is 18.5 Å². The Morgan fingerprint density at radius 3 is 2.47 bits per heavy atom. The van der Waals surface area contributed by atoms with Crippen molar-refractivity contribution < 1.29 is 29.0 Å². The molecule has 38 heavy (non-hydrogen) atoms. The molecule has 1 aromatic carbocycles. The van der Waals surface area contributed by atoms with Gasteiger partial charge >= 0.3 is 11.9 Å². The minimum atomic E-state index is -0.781. The topological polar surface area (TPSA) is 141 Å². The van der Waals surface area contributed by atoms with E-state index in [1.54, 1.807) is 11.8 Å². The monoisotopic (exact) mass is 545 g/mol. The number of aromatic nitrogens is 1. The number of thiazole rings is 1. The molecule has 1 aliphatic rings. The van der Waals surface area contributed by atoms with Crippen molar-refractivity contribution in [1.29, 1.82) is 0 Å². The lowest BCUT2D eigenvalue weighted by Crippen LogP contribution is -2.51. The number of rotatable bonds is 14. The first kappa shape index (κ1) is 29.1. The van der Waals surface area contributed by atoms with Crippen molar-refractivity contribution in [1.82, 2.24) is 20.1 Å². The van der Waals surface area contributed by atoms with Gasteiger partial charge in [0.2, 0.25) is 5.91 Å². The Kier molecular flexibility index (Phi) is 11.5. The number of carboxylic acid groups (broad SMARTS) is 1. The summed E-state index contributed by atoms with van der Waals surface area (Å²) in [5.74, 6) is -1.74. The molecule has 0 atom stereocenters. The van der Waals surface area contributed by atoms with Crippen LogP contribution in [0.15, 0.2) is 30.3 Å². The van der Waals surface area contributed by atoms with Gasteiger partial charge in [-0.15, -0.1) is 0 Å². The standard InChI is InChI=1S/C26H35N5O6S/c1-2-37-22(35)11-12-27-26-23(29-25(38-26)19-8-4-3-5-9-19)24(36)28-18-20(32)31-16-14-30(15-17-31)13-7-6-10-21(33)34/h3-5,8-9,27H,2,6-7,10-18H2,1H3,(H,28,36)(H,33,34). The second-order valence-electron chi connectivity index (χ2n) is 8.80. The van der Waals surface area contributed by atoms with Crippen molar-refractivity contribution in [2.75, 3.05) is 57.7 Å². The fourth-order valence-corrected chi connectivity index (χ4v) is 4.99. The molecule has 1 aromatic heterocycles. The number of carbonyl (C=O) groups is 4. The highest BCUT2D eigenvalue weighted by atomic mass is 32.1. The molecule has 1 saturated heterocycles. The molecule has 12 heteroatoms. The van der Waals surface area contributed by atoms with Crippen molar-refractivity contribution in [3.05, 3.63) is 36.0 Å². The van der Waals surface area contributed by atoms with E-state index < -0.39 is 11.9 Å². The van der Waals surface area contributed by atoms with Gasteiger partial charge in [-0.1, -0.05) is 41.7 Å². The van der Waals surface area contributed by atoms with Crippen LogP contribution in [0.1, 0.15) is 43.1 Å². The molecule has 11 nitrogen and oxygen atoms in total. The summed E-state index contributed by atoms with van der Waals surface area (Å²) >= 11 is 1.31. The van der Waals surface area contributed by atoms with Crippen molar-refractivity contribution in [3.63, 3.8) is 0 Å². The number of hydrogen-bond donors (Lipinski definition) is 3. The minimum Gasteiger partial charge on any atom is -0.481 e. The van der Waals surface area contributed by atoms with Gasteiger partial charge in [0.25, 0.3) is 5.91 Å². The number of unbranched alkanes of at least 4 members (excludes halogenated alkanes) is 1. The largest absolute Gasteiger partial charge is 0.481 e. The fourth-order valence-electron chi connectivity index (χ4n) is 3.99. The number of benzene rings is 1. The molecule has 0 aliphatic carbocycles. The number of ether oxygens (including phenoxy) is 1. The van der Waals surface area contributed by atoms with Crippen LogP contribution in [0.3, 0.4) is 0 Å². The van der Waals surface area contributed by atoms with E-state index in [2.05, 4.69) is 20.5 Å². The number of piperazine rings is 1. The summed E-state index contributed by atoms with van der Waals surface area (Å²) in [5, 5.41) is 15.7.